The summed E-state index contributed by atoms with van der Waals surface area (Å²) in [4.78, 5) is 13.0. The Kier molecular flexibility index (Phi) is 7.45. The Morgan fingerprint density at radius 2 is 1.71 bits per heavy atom. The molecule has 4 rings (SSSR count). The second-order valence-electron chi connectivity index (χ2n) is 8.05. The van der Waals surface area contributed by atoms with Crippen molar-refractivity contribution in [2.75, 3.05) is 30.6 Å². The summed E-state index contributed by atoms with van der Waals surface area (Å²) in [6.45, 7) is 4.30. The average Bonchev–Trinajstić information content (AvgIpc) is 2.87. The summed E-state index contributed by atoms with van der Waals surface area (Å²) >= 11 is 0. The van der Waals surface area contributed by atoms with Gasteiger partial charge in [-0.15, -0.1) is 0 Å². The summed E-state index contributed by atoms with van der Waals surface area (Å²) in [5, 5.41) is 2.77. The minimum atomic E-state index is -4.00. The van der Waals surface area contributed by atoms with Gasteiger partial charge in [0, 0.05) is 0 Å². The summed E-state index contributed by atoms with van der Waals surface area (Å²) in [7, 11) is -4.00. The SMILES string of the molecule is CCOc1ccc(N(CC(=O)NCC2COc3ccccc3O2)S(=O)(=O)c2ccc(C)cc2)cc1. The largest absolute Gasteiger partial charge is 0.494 e. The van der Waals surface area contributed by atoms with Crippen LogP contribution in [-0.2, 0) is 14.8 Å². The van der Waals surface area contributed by atoms with Crippen LogP contribution in [0.1, 0.15) is 12.5 Å². The third kappa shape index (κ3) is 5.86. The fourth-order valence-electron chi connectivity index (χ4n) is 3.61. The summed E-state index contributed by atoms with van der Waals surface area (Å²) in [5.74, 6) is 1.41. The maximum absolute atomic E-state index is 13.5. The van der Waals surface area contributed by atoms with Crippen molar-refractivity contribution in [3.05, 3.63) is 78.4 Å². The molecule has 0 saturated heterocycles. The predicted octanol–water partition coefficient (Wildman–Crippen LogP) is 3.55. The summed E-state index contributed by atoms with van der Waals surface area (Å²) in [6, 6.07) is 20.4. The lowest BCUT2D eigenvalue weighted by molar-refractivity contribution is -0.120. The molecule has 0 spiro atoms. The van der Waals surface area contributed by atoms with Crippen LogP contribution in [0.4, 0.5) is 5.69 Å². The number of carbonyl (C=O) groups excluding carboxylic acids is 1. The number of fused-ring (bicyclic) bond motifs is 1. The van der Waals surface area contributed by atoms with E-state index < -0.39 is 22.5 Å². The van der Waals surface area contributed by atoms with Crippen LogP contribution < -0.4 is 23.8 Å². The highest BCUT2D eigenvalue weighted by Crippen LogP contribution is 2.31. The van der Waals surface area contributed by atoms with Gasteiger partial charge < -0.3 is 19.5 Å². The molecule has 1 aliphatic heterocycles. The van der Waals surface area contributed by atoms with Gasteiger partial charge in [0.25, 0.3) is 10.0 Å². The quantitative estimate of drug-likeness (QED) is 0.487. The summed E-state index contributed by atoms with van der Waals surface area (Å²) < 4.78 is 45.1. The standard InChI is InChI=1S/C26H28N2O6S/c1-3-32-21-12-10-20(11-13-21)28(35(30,31)23-14-8-19(2)9-15-23)17-26(29)27-16-22-18-33-24-6-4-5-7-25(24)34-22/h4-15,22H,3,16-18H2,1-2H3,(H,27,29). The smallest absolute Gasteiger partial charge is 0.264 e. The lowest BCUT2D eigenvalue weighted by atomic mass is 10.2. The molecule has 1 aliphatic rings. The zero-order valence-electron chi connectivity index (χ0n) is 19.6. The number of carbonyl (C=O) groups is 1. The zero-order valence-corrected chi connectivity index (χ0v) is 20.5. The number of ether oxygens (including phenoxy) is 3. The zero-order chi connectivity index (χ0) is 24.8. The van der Waals surface area contributed by atoms with Gasteiger partial charge in [0.2, 0.25) is 5.91 Å². The Hall–Kier alpha value is -3.72. The second kappa shape index (κ2) is 10.7. The first-order valence-electron chi connectivity index (χ1n) is 11.3. The number of para-hydroxylation sites is 2. The minimum Gasteiger partial charge on any atom is -0.494 e. The number of aryl methyl sites for hydroxylation is 1. The predicted molar refractivity (Wildman–Crippen MR) is 133 cm³/mol. The number of hydrogen-bond acceptors (Lipinski definition) is 6. The molecular weight excluding hydrogens is 468 g/mol. The molecule has 35 heavy (non-hydrogen) atoms. The van der Waals surface area contributed by atoms with Crippen LogP contribution in [0.5, 0.6) is 17.2 Å². The van der Waals surface area contributed by atoms with E-state index in [2.05, 4.69) is 5.32 Å². The molecule has 1 heterocycles. The molecule has 0 aliphatic carbocycles. The fourth-order valence-corrected chi connectivity index (χ4v) is 5.03. The van der Waals surface area contributed by atoms with Crippen molar-refractivity contribution < 1.29 is 27.4 Å². The molecule has 0 aromatic heterocycles. The van der Waals surface area contributed by atoms with Gasteiger partial charge in [-0.3, -0.25) is 9.10 Å². The van der Waals surface area contributed by atoms with Crippen molar-refractivity contribution in [3.63, 3.8) is 0 Å². The molecule has 1 unspecified atom stereocenters. The molecule has 1 N–H and O–H groups in total. The van der Waals surface area contributed by atoms with Gasteiger partial charge in [-0.25, -0.2) is 8.42 Å². The monoisotopic (exact) mass is 496 g/mol. The van der Waals surface area contributed by atoms with E-state index in [1.165, 1.54) is 12.1 Å². The maximum Gasteiger partial charge on any atom is 0.264 e. The molecule has 184 valence electrons. The topological polar surface area (TPSA) is 94.2 Å². The molecule has 0 saturated carbocycles. The highest BCUT2D eigenvalue weighted by atomic mass is 32.2. The number of nitrogens with zero attached hydrogens (tertiary/aromatic N) is 1. The highest BCUT2D eigenvalue weighted by Gasteiger charge is 2.28. The van der Waals surface area contributed by atoms with Crippen molar-refractivity contribution in [2.24, 2.45) is 0 Å². The van der Waals surface area contributed by atoms with E-state index in [9.17, 15) is 13.2 Å². The molecule has 1 atom stereocenters. The van der Waals surface area contributed by atoms with Crippen LogP contribution in [0.15, 0.2) is 77.7 Å². The van der Waals surface area contributed by atoms with Crippen molar-refractivity contribution in [2.45, 2.75) is 24.8 Å². The van der Waals surface area contributed by atoms with E-state index in [1.54, 1.807) is 42.5 Å². The number of hydrogen-bond donors (Lipinski definition) is 1. The highest BCUT2D eigenvalue weighted by molar-refractivity contribution is 7.92. The average molecular weight is 497 g/mol. The van der Waals surface area contributed by atoms with E-state index >= 15 is 0 Å². The van der Waals surface area contributed by atoms with E-state index in [0.29, 0.717) is 29.5 Å². The number of amides is 1. The number of sulfonamides is 1. The molecule has 9 heteroatoms. The first-order chi connectivity index (χ1) is 16.9. The van der Waals surface area contributed by atoms with E-state index in [-0.39, 0.29) is 24.2 Å². The van der Waals surface area contributed by atoms with Gasteiger partial charge in [-0.05, 0) is 62.4 Å². The maximum atomic E-state index is 13.5. The Labute approximate surface area is 205 Å². The number of benzene rings is 3. The van der Waals surface area contributed by atoms with Gasteiger partial charge in [0.1, 0.15) is 25.0 Å². The Morgan fingerprint density at radius 1 is 1.03 bits per heavy atom. The third-order valence-electron chi connectivity index (χ3n) is 5.43. The Morgan fingerprint density at radius 3 is 2.40 bits per heavy atom. The minimum absolute atomic E-state index is 0.102. The van der Waals surface area contributed by atoms with Crippen LogP contribution in [0.3, 0.4) is 0 Å². The van der Waals surface area contributed by atoms with Crippen molar-refractivity contribution in [1.29, 1.82) is 0 Å². The van der Waals surface area contributed by atoms with Gasteiger partial charge in [0.05, 0.1) is 23.7 Å². The van der Waals surface area contributed by atoms with E-state index in [0.717, 1.165) is 9.87 Å². The Balaban J connectivity index is 1.50. The van der Waals surface area contributed by atoms with Crippen molar-refractivity contribution in [1.82, 2.24) is 5.32 Å². The second-order valence-corrected chi connectivity index (χ2v) is 9.92. The van der Waals surface area contributed by atoms with Crippen LogP contribution >= 0.6 is 0 Å². The van der Waals surface area contributed by atoms with E-state index in [1.807, 2.05) is 32.0 Å². The van der Waals surface area contributed by atoms with Crippen LogP contribution in [0.25, 0.3) is 0 Å². The lowest BCUT2D eigenvalue weighted by Gasteiger charge is -2.27. The molecule has 3 aromatic rings. The van der Waals surface area contributed by atoms with Crippen molar-refractivity contribution in [3.8, 4) is 17.2 Å². The summed E-state index contributed by atoms with van der Waals surface area (Å²) in [5.41, 5.74) is 1.29. The first-order valence-corrected chi connectivity index (χ1v) is 12.8. The van der Waals surface area contributed by atoms with E-state index in [4.69, 9.17) is 14.2 Å². The molecule has 3 aromatic carbocycles. The van der Waals surface area contributed by atoms with Gasteiger partial charge in [-0.2, -0.15) is 0 Å². The molecule has 0 bridgehead atoms. The van der Waals surface area contributed by atoms with Gasteiger partial charge >= 0.3 is 0 Å². The molecule has 1 amide bonds. The Bertz CT molecular complexity index is 1260. The third-order valence-corrected chi connectivity index (χ3v) is 7.21. The van der Waals surface area contributed by atoms with Crippen molar-refractivity contribution >= 4 is 21.6 Å². The molecule has 0 radical (unpaired) electrons. The van der Waals surface area contributed by atoms with Gasteiger partial charge in [-0.1, -0.05) is 29.8 Å². The summed E-state index contributed by atoms with van der Waals surface area (Å²) in [6.07, 6.45) is -0.388. The molecule has 8 nitrogen and oxygen atoms in total. The normalized spacial score (nSPS) is 14.7. The number of rotatable bonds is 9. The molecular formula is C26H28N2O6S. The van der Waals surface area contributed by atoms with Gasteiger partial charge in [0.15, 0.2) is 11.5 Å². The van der Waals surface area contributed by atoms with Crippen LogP contribution in [-0.4, -0.2) is 46.7 Å². The molecule has 0 fully saturated rings. The number of nitrogens with one attached hydrogen (secondary N) is 1. The van der Waals surface area contributed by atoms with Crippen LogP contribution in [0.2, 0.25) is 0 Å². The lowest BCUT2D eigenvalue weighted by Crippen LogP contribution is -2.45. The number of anilines is 1. The fraction of sp³-hybridized carbons (Fsp3) is 0.269. The first kappa shape index (κ1) is 24.4. The van der Waals surface area contributed by atoms with Crippen LogP contribution in [0, 0.1) is 6.92 Å².